The molecule has 1 rings (SSSR count). The molecule has 2 nitrogen and oxygen atoms in total. The first kappa shape index (κ1) is 9.26. The van der Waals surface area contributed by atoms with Crippen LogP contribution in [0.15, 0.2) is 16.6 Å². The van der Waals surface area contributed by atoms with Crippen LogP contribution in [0, 0.1) is 0 Å². The van der Waals surface area contributed by atoms with E-state index >= 15 is 0 Å². The van der Waals surface area contributed by atoms with Gasteiger partial charge >= 0.3 is 0 Å². The molecule has 1 aromatic heterocycles. The van der Waals surface area contributed by atoms with Crippen molar-refractivity contribution in [3.8, 4) is 0 Å². The molecule has 0 unspecified atom stereocenters. The number of oxime groups is 1. The van der Waals surface area contributed by atoms with Gasteiger partial charge in [-0.25, -0.2) is 0 Å². The Kier molecular flexibility index (Phi) is 3.29. The van der Waals surface area contributed by atoms with Crippen LogP contribution in [0.25, 0.3) is 0 Å². The third kappa shape index (κ3) is 1.85. The van der Waals surface area contributed by atoms with Gasteiger partial charge in [0.2, 0.25) is 0 Å². The summed E-state index contributed by atoms with van der Waals surface area (Å²) in [5, 5.41) is 13.8. The minimum Gasteiger partial charge on any atom is -0.411 e. The molecule has 3 heteroatoms. The molecule has 0 bridgehead atoms. The Hall–Kier alpha value is -0.830. The van der Waals surface area contributed by atoms with Crippen LogP contribution in [-0.4, -0.2) is 10.9 Å². The zero-order valence-electron chi connectivity index (χ0n) is 7.37. The van der Waals surface area contributed by atoms with Gasteiger partial charge in [0.15, 0.2) is 0 Å². The zero-order chi connectivity index (χ0) is 8.97. The van der Waals surface area contributed by atoms with Gasteiger partial charge in [0.05, 0.1) is 10.6 Å². The van der Waals surface area contributed by atoms with Crippen LogP contribution in [0.4, 0.5) is 0 Å². The Bertz CT molecular complexity index is 278. The molecule has 12 heavy (non-hydrogen) atoms. The smallest absolute Gasteiger partial charge is 0.0939 e. The average Bonchev–Trinajstić information content (AvgIpc) is 2.52. The largest absolute Gasteiger partial charge is 0.411 e. The normalized spacial score (nSPS) is 12.0. The molecule has 0 amide bonds. The number of hydrogen-bond donors (Lipinski definition) is 1. The first-order chi connectivity index (χ1) is 5.79. The van der Waals surface area contributed by atoms with Crippen LogP contribution in [0.1, 0.15) is 30.7 Å². The maximum atomic E-state index is 8.59. The van der Waals surface area contributed by atoms with E-state index in [1.54, 1.807) is 11.3 Å². The second-order valence-electron chi connectivity index (χ2n) is 2.71. The predicted molar refractivity (Wildman–Crippen MR) is 52.3 cm³/mol. The highest BCUT2D eigenvalue weighted by atomic mass is 32.1. The summed E-state index contributed by atoms with van der Waals surface area (Å²) >= 11 is 1.63. The molecule has 0 aliphatic carbocycles. The standard InChI is InChI=1S/C9H13NOS/c1-3-4-8-5-6-12-9(8)7(2)10-11/h5-6,11H,3-4H2,1-2H3/b10-7+. The van der Waals surface area contributed by atoms with Gasteiger partial charge in [0.25, 0.3) is 0 Å². The van der Waals surface area contributed by atoms with Crippen molar-refractivity contribution in [2.24, 2.45) is 5.16 Å². The van der Waals surface area contributed by atoms with E-state index < -0.39 is 0 Å². The summed E-state index contributed by atoms with van der Waals surface area (Å²) in [6.45, 7) is 3.97. The fourth-order valence-corrected chi connectivity index (χ4v) is 2.07. The molecule has 0 aromatic carbocycles. The lowest BCUT2D eigenvalue weighted by molar-refractivity contribution is 0.319. The second-order valence-corrected chi connectivity index (χ2v) is 3.63. The molecule has 0 aliphatic heterocycles. The minimum atomic E-state index is 0.716. The molecule has 0 fully saturated rings. The van der Waals surface area contributed by atoms with Gasteiger partial charge < -0.3 is 5.21 Å². The second kappa shape index (κ2) is 4.26. The summed E-state index contributed by atoms with van der Waals surface area (Å²) in [5.74, 6) is 0. The molecule has 0 saturated carbocycles. The van der Waals surface area contributed by atoms with Crippen LogP contribution in [-0.2, 0) is 6.42 Å². The lowest BCUT2D eigenvalue weighted by atomic mass is 10.1. The summed E-state index contributed by atoms with van der Waals surface area (Å²) in [6, 6.07) is 2.10. The lowest BCUT2D eigenvalue weighted by Crippen LogP contribution is -1.95. The van der Waals surface area contributed by atoms with E-state index in [1.807, 2.05) is 12.3 Å². The summed E-state index contributed by atoms with van der Waals surface area (Å²) in [4.78, 5) is 1.11. The van der Waals surface area contributed by atoms with E-state index in [0.717, 1.165) is 17.7 Å². The summed E-state index contributed by atoms with van der Waals surface area (Å²) in [7, 11) is 0. The monoisotopic (exact) mass is 183 g/mol. The number of aryl methyl sites for hydroxylation is 1. The number of nitrogens with zero attached hydrogens (tertiary/aromatic N) is 1. The van der Waals surface area contributed by atoms with Gasteiger partial charge in [-0.3, -0.25) is 0 Å². The van der Waals surface area contributed by atoms with Crippen LogP contribution in [0.3, 0.4) is 0 Å². The number of thiophene rings is 1. The van der Waals surface area contributed by atoms with Crippen LogP contribution in [0.2, 0.25) is 0 Å². The minimum absolute atomic E-state index is 0.716. The first-order valence-corrected chi connectivity index (χ1v) is 4.93. The van der Waals surface area contributed by atoms with Gasteiger partial charge in [-0.15, -0.1) is 11.3 Å². The summed E-state index contributed by atoms with van der Waals surface area (Å²) < 4.78 is 0. The van der Waals surface area contributed by atoms with Crippen molar-refractivity contribution < 1.29 is 5.21 Å². The first-order valence-electron chi connectivity index (χ1n) is 4.05. The van der Waals surface area contributed by atoms with E-state index in [9.17, 15) is 0 Å². The molecule has 1 aromatic rings. The van der Waals surface area contributed by atoms with Crippen molar-refractivity contribution in [3.63, 3.8) is 0 Å². The molecule has 1 N–H and O–H groups in total. The molecular formula is C9H13NOS. The van der Waals surface area contributed by atoms with E-state index in [1.165, 1.54) is 5.56 Å². The summed E-state index contributed by atoms with van der Waals surface area (Å²) in [5.41, 5.74) is 2.01. The molecule has 0 atom stereocenters. The van der Waals surface area contributed by atoms with Gasteiger partial charge in [0.1, 0.15) is 0 Å². The molecule has 1 heterocycles. The van der Waals surface area contributed by atoms with Crippen molar-refractivity contribution in [1.82, 2.24) is 0 Å². The van der Waals surface area contributed by atoms with E-state index in [4.69, 9.17) is 5.21 Å². The third-order valence-corrected chi connectivity index (χ3v) is 2.81. The maximum absolute atomic E-state index is 8.59. The van der Waals surface area contributed by atoms with Crippen molar-refractivity contribution in [2.45, 2.75) is 26.7 Å². The SMILES string of the molecule is CCCc1ccsc1/C(C)=N/O. The average molecular weight is 183 g/mol. The van der Waals surface area contributed by atoms with Gasteiger partial charge in [-0.2, -0.15) is 0 Å². The molecule has 0 saturated heterocycles. The van der Waals surface area contributed by atoms with E-state index in [0.29, 0.717) is 5.71 Å². The maximum Gasteiger partial charge on any atom is 0.0939 e. The molecule has 0 spiro atoms. The topological polar surface area (TPSA) is 32.6 Å². The Morgan fingerprint density at radius 3 is 3.00 bits per heavy atom. The van der Waals surface area contributed by atoms with Gasteiger partial charge in [-0.1, -0.05) is 18.5 Å². The molecule has 66 valence electrons. The Morgan fingerprint density at radius 1 is 1.67 bits per heavy atom. The van der Waals surface area contributed by atoms with E-state index in [-0.39, 0.29) is 0 Å². The quantitative estimate of drug-likeness (QED) is 0.436. The van der Waals surface area contributed by atoms with Crippen LogP contribution in [0.5, 0.6) is 0 Å². The van der Waals surface area contributed by atoms with Gasteiger partial charge in [-0.05, 0) is 30.4 Å². The Balaban J connectivity index is 2.91. The molecule has 0 aliphatic rings. The molecule has 0 radical (unpaired) electrons. The van der Waals surface area contributed by atoms with Crippen molar-refractivity contribution in [2.75, 3.05) is 0 Å². The predicted octanol–water partition coefficient (Wildman–Crippen LogP) is 2.90. The van der Waals surface area contributed by atoms with Crippen LogP contribution < -0.4 is 0 Å². The fraction of sp³-hybridized carbons (Fsp3) is 0.444. The molecular weight excluding hydrogens is 170 g/mol. The highest BCUT2D eigenvalue weighted by molar-refractivity contribution is 7.12. The Labute approximate surface area is 76.5 Å². The van der Waals surface area contributed by atoms with Gasteiger partial charge in [0, 0.05) is 0 Å². The highest BCUT2D eigenvalue weighted by Crippen LogP contribution is 2.19. The number of hydrogen-bond acceptors (Lipinski definition) is 3. The highest BCUT2D eigenvalue weighted by Gasteiger charge is 2.05. The van der Waals surface area contributed by atoms with Crippen LogP contribution >= 0.6 is 11.3 Å². The fourth-order valence-electron chi connectivity index (χ4n) is 1.16. The summed E-state index contributed by atoms with van der Waals surface area (Å²) in [6.07, 6.45) is 2.19. The number of rotatable bonds is 3. The Morgan fingerprint density at radius 2 is 2.42 bits per heavy atom. The lowest BCUT2D eigenvalue weighted by Gasteiger charge is -1.98. The van der Waals surface area contributed by atoms with Crippen molar-refractivity contribution in [3.05, 3.63) is 21.9 Å². The van der Waals surface area contributed by atoms with Crippen molar-refractivity contribution in [1.29, 1.82) is 0 Å². The van der Waals surface area contributed by atoms with E-state index in [2.05, 4.69) is 18.1 Å². The third-order valence-electron chi connectivity index (χ3n) is 1.74. The zero-order valence-corrected chi connectivity index (χ0v) is 8.19. The van der Waals surface area contributed by atoms with Crippen molar-refractivity contribution >= 4 is 17.0 Å².